The van der Waals surface area contributed by atoms with Crippen LogP contribution in [-0.2, 0) is 11.3 Å². The largest absolute Gasteiger partial charge is 0.384 e. The van der Waals surface area contributed by atoms with E-state index >= 15 is 0 Å². The van der Waals surface area contributed by atoms with Crippen LogP contribution in [0.3, 0.4) is 0 Å². The number of anilines is 1. The normalized spacial score (nSPS) is 10.9. The number of ether oxygens (including phenoxy) is 1. The van der Waals surface area contributed by atoms with E-state index < -0.39 is 0 Å². The average Bonchev–Trinajstić information content (AvgIpc) is 2.37. The van der Waals surface area contributed by atoms with Crippen LogP contribution in [0.4, 0.5) is 5.69 Å². The third-order valence-electron chi connectivity index (χ3n) is 3.16. The average molecular weight is 258 g/mol. The van der Waals surface area contributed by atoms with Gasteiger partial charge in [-0.25, -0.2) is 4.98 Å². The van der Waals surface area contributed by atoms with Crippen LogP contribution >= 0.6 is 0 Å². The SMILES string of the molecule is CCCNc1cc(COC)nc2c(C)cc(C)cc12. The van der Waals surface area contributed by atoms with Gasteiger partial charge in [0.1, 0.15) is 0 Å². The summed E-state index contributed by atoms with van der Waals surface area (Å²) in [5.74, 6) is 0. The summed E-state index contributed by atoms with van der Waals surface area (Å²) in [4.78, 5) is 4.71. The third-order valence-corrected chi connectivity index (χ3v) is 3.16. The molecule has 0 spiro atoms. The highest BCUT2D eigenvalue weighted by atomic mass is 16.5. The number of fused-ring (bicyclic) bond motifs is 1. The van der Waals surface area contributed by atoms with E-state index in [1.54, 1.807) is 7.11 Å². The van der Waals surface area contributed by atoms with Crippen molar-refractivity contribution in [3.05, 3.63) is 35.0 Å². The van der Waals surface area contributed by atoms with Gasteiger partial charge in [-0.15, -0.1) is 0 Å². The quantitative estimate of drug-likeness (QED) is 0.885. The van der Waals surface area contributed by atoms with Crippen LogP contribution in [0, 0.1) is 13.8 Å². The van der Waals surface area contributed by atoms with Crippen molar-refractivity contribution in [2.24, 2.45) is 0 Å². The number of hydrogen-bond acceptors (Lipinski definition) is 3. The smallest absolute Gasteiger partial charge is 0.0885 e. The van der Waals surface area contributed by atoms with Crippen molar-refractivity contribution < 1.29 is 4.74 Å². The van der Waals surface area contributed by atoms with Crippen LogP contribution in [0.25, 0.3) is 10.9 Å². The Morgan fingerprint density at radius 2 is 2.00 bits per heavy atom. The molecule has 0 bridgehead atoms. The highest BCUT2D eigenvalue weighted by Crippen LogP contribution is 2.27. The Kier molecular flexibility index (Phi) is 4.38. The van der Waals surface area contributed by atoms with Crippen LogP contribution in [0.15, 0.2) is 18.2 Å². The van der Waals surface area contributed by atoms with E-state index in [1.165, 1.54) is 16.5 Å². The Labute approximate surface area is 115 Å². The van der Waals surface area contributed by atoms with Crippen molar-refractivity contribution in [3.8, 4) is 0 Å². The maximum absolute atomic E-state index is 5.21. The number of pyridine rings is 1. The second-order valence-electron chi connectivity index (χ2n) is 5.00. The number of rotatable bonds is 5. The minimum Gasteiger partial charge on any atom is -0.384 e. The lowest BCUT2D eigenvalue weighted by atomic mass is 10.0. The molecule has 0 aliphatic heterocycles. The molecule has 0 saturated heterocycles. The summed E-state index contributed by atoms with van der Waals surface area (Å²) in [6.45, 7) is 7.92. The molecule has 0 fully saturated rings. The van der Waals surface area contributed by atoms with Crippen molar-refractivity contribution >= 4 is 16.6 Å². The highest BCUT2D eigenvalue weighted by molar-refractivity contribution is 5.93. The van der Waals surface area contributed by atoms with E-state index in [2.05, 4.69) is 44.3 Å². The Balaban J connectivity index is 2.60. The maximum atomic E-state index is 5.21. The zero-order valence-corrected chi connectivity index (χ0v) is 12.2. The third kappa shape index (κ3) is 3.04. The Morgan fingerprint density at radius 3 is 2.68 bits per heavy atom. The van der Waals surface area contributed by atoms with Crippen LogP contribution < -0.4 is 5.32 Å². The van der Waals surface area contributed by atoms with E-state index in [0.717, 1.165) is 29.9 Å². The molecule has 0 saturated carbocycles. The zero-order valence-electron chi connectivity index (χ0n) is 12.2. The molecule has 0 amide bonds. The number of nitrogens with zero attached hydrogens (tertiary/aromatic N) is 1. The predicted octanol–water partition coefficient (Wildman–Crippen LogP) is 3.82. The lowest BCUT2D eigenvalue weighted by molar-refractivity contribution is 0.182. The Bertz CT molecular complexity index is 578. The molecule has 1 heterocycles. The second kappa shape index (κ2) is 6.02. The molecule has 2 aromatic rings. The number of hydrogen-bond donors (Lipinski definition) is 1. The summed E-state index contributed by atoms with van der Waals surface area (Å²) in [5, 5.41) is 4.69. The van der Waals surface area contributed by atoms with Crippen LogP contribution in [0.5, 0.6) is 0 Å². The van der Waals surface area contributed by atoms with E-state index in [1.807, 2.05) is 0 Å². The van der Waals surface area contributed by atoms with Crippen molar-refractivity contribution in [1.82, 2.24) is 4.98 Å². The molecular weight excluding hydrogens is 236 g/mol. The monoisotopic (exact) mass is 258 g/mol. The number of benzene rings is 1. The fraction of sp³-hybridized carbons (Fsp3) is 0.438. The lowest BCUT2D eigenvalue weighted by Crippen LogP contribution is -2.04. The first kappa shape index (κ1) is 13.8. The van der Waals surface area contributed by atoms with Gasteiger partial charge < -0.3 is 10.1 Å². The summed E-state index contributed by atoms with van der Waals surface area (Å²) in [6.07, 6.45) is 1.11. The van der Waals surface area contributed by atoms with Gasteiger partial charge in [0.2, 0.25) is 0 Å². The van der Waals surface area contributed by atoms with E-state index in [4.69, 9.17) is 9.72 Å². The Morgan fingerprint density at radius 1 is 1.21 bits per heavy atom. The van der Waals surface area contributed by atoms with Crippen molar-refractivity contribution in [3.63, 3.8) is 0 Å². The number of aromatic nitrogens is 1. The van der Waals surface area contributed by atoms with Gasteiger partial charge >= 0.3 is 0 Å². The number of nitrogens with one attached hydrogen (secondary N) is 1. The molecule has 2 rings (SSSR count). The second-order valence-corrected chi connectivity index (χ2v) is 5.00. The van der Waals surface area contributed by atoms with Crippen LogP contribution in [0.1, 0.15) is 30.2 Å². The minimum atomic E-state index is 0.546. The summed E-state index contributed by atoms with van der Waals surface area (Å²) >= 11 is 0. The first-order valence-electron chi connectivity index (χ1n) is 6.79. The first-order valence-corrected chi connectivity index (χ1v) is 6.79. The molecule has 3 heteroatoms. The molecule has 102 valence electrons. The molecule has 0 aliphatic rings. The fourth-order valence-corrected chi connectivity index (χ4v) is 2.36. The summed E-state index contributed by atoms with van der Waals surface area (Å²) < 4.78 is 5.21. The fourth-order valence-electron chi connectivity index (χ4n) is 2.36. The highest BCUT2D eigenvalue weighted by Gasteiger charge is 2.08. The van der Waals surface area contributed by atoms with Crippen molar-refractivity contribution in [1.29, 1.82) is 0 Å². The van der Waals surface area contributed by atoms with Gasteiger partial charge in [-0.2, -0.15) is 0 Å². The van der Waals surface area contributed by atoms with Gasteiger partial charge in [-0.05, 0) is 38.0 Å². The molecule has 0 radical (unpaired) electrons. The van der Waals surface area contributed by atoms with Gasteiger partial charge in [0.15, 0.2) is 0 Å². The molecule has 1 aromatic carbocycles. The zero-order chi connectivity index (χ0) is 13.8. The summed E-state index contributed by atoms with van der Waals surface area (Å²) in [6, 6.07) is 6.47. The van der Waals surface area contributed by atoms with Gasteiger partial charge in [0.05, 0.1) is 17.8 Å². The van der Waals surface area contributed by atoms with Crippen molar-refractivity contribution in [2.45, 2.75) is 33.8 Å². The molecule has 19 heavy (non-hydrogen) atoms. The van der Waals surface area contributed by atoms with Gasteiger partial charge in [0, 0.05) is 24.7 Å². The number of methoxy groups -OCH3 is 1. The molecule has 0 aliphatic carbocycles. The molecule has 1 N–H and O–H groups in total. The van der Waals surface area contributed by atoms with Gasteiger partial charge in [-0.3, -0.25) is 0 Å². The number of aryl methyl sites for hydroxylation is 2. The predicted molar refractivity (Wildman–Crippen MR) is 80.7 cm³/mol. The van der Waals surface area contributed by atoms with E-state index in [0.29, 0.717) is 6.61 Å². The standard InChI is InChI=1S/C16H22N2O/c1-5-6-17-15-9-13(10-19-4)18-16-12(3)7-11(2)8-14(15)16/h7-9H,5-6,10H2,1-4H3,(H,17,18). The van der Waals surface area contributed by atoms with E-state index in [-0.39, 0.29) is 0 Å². The maximum Gasteiger partial charge on any atom is 0.0885 e. The van der Waals surface area contributed by atoms with Crippen LogP contribution in [0.2, 0.25) is 0 Å². The van der Waals surface area contributed by atoms with Crippen LogP contribution in [-0.4, -0.2) is 18.6 Å². The Hall–Kier alpha value is -1.61. The lowest BCUT2D eigenvalue weighted by Gasteiger charge is -2.13. The van der Waals surface area contributed by atoms with Gasteiger partial charge in [-0.1, -0.05) is 18.6 Å². The summed E-state index contributed by atoms with van der Waals surface area (Å²) in [7, 11) is 1.70. The molecule has 0 atom stereocenters. The van der Waals surface area contributed by atoms with Crippen molar-refractivity contribution in [2.75, 3.05) is 19.0 Å². The summed E-state index contributed by atoms with van der Waals surface area (Å²) in [5.41, 5.74) is 5.68. The molecule has 1 aromatic heterocycles. The van der Waals surface area contributed by atoms with Gasteiger partial charge in [0.25, 0.3) is 0 Å². The molecule has 0 unspecified atom stereocenters. The molecule has 3 nitrogen and oxygen atoms in total. The minimum absolute atomic E-state index is 0.546. The topological polar surface area (TPSA) is 34.1 Å². The van der Waals surface area contributed by atoms with E-state index in [9.17, 15) is 0 Å². The molecular formula is C16H22N2O. The first-order chi connectivity index (χ1) is 9.15.